The van der Waals surface area contributed by atoms with Crippen LogP contribution >= 0.6 is 0 Å². The minimum atomic E-state index is -0.204. The first-order chi connectivity index (χ1) is 28.8. The normalized spacial score (nSPS) is 13.1. The van der Waals surface area contributed by atoms with E-state index in [1.54, 1.807) is 18.6 Å². The number of nitrogens with zero attached hydrogens (tertiary/aromatic N) is 2. The second kappa shape index (κ2) is 18.2. The number of carbonyl (C=O) groups excluding carboxylic acids is 2. The Labute approximate surface area is 356 Å². The Morgan fingerprint density at radius 2 is 1.03 bits per heavy atom. The fraction of sp³-hybridized carbons (Fsp3) is 0.333. The lowest BCUT2D eigenvalue weighted by Crippen LogP contribution is -2.16. The molecule has 0 saturated carbocycles. The third kappa shape index (κ3) is 9.60. The van der Waals surface area contributed by atoms with Gasteiger partial charge in [-0.25, -0.2) is 0 Å². The van der Waals surface area contributed by atoms with Gasteiger partial charge in [0.2, 0.25) is 0 Å². The molecule has 0 spiro atoms. The minimum Gasteiger partial charge on any atom is -0.464 e. The number of unbranched alkanes of at least 4 members (excludes halogenated alkanes) is 1. The van der Waals surface area contributed by atoms with Crippen LogP contribution in [0.4, 0.5) is 0 Å². The molecule has 6 aromatic rings. The van der Waals surface area contributed by atoms with Gasteiger partial charge in [0.1, 0.15) is 13.2 Å². The van der Waals surface area contributed by atoms with Crippen LogP contribution in [-0.4, -0.2) is 35.1 Å². The third-order valence-corrected chi connectivity index (χ3v) is 11.9. The highest BCUT2D eigenvalue weighted by atomic mass is 16.5. The Balaban J connectivity index is 0.000000183. The number of hydrogen-bond donors (Lipinski definition) is 0. The molecule has 0 saturated heterocycles. The summed E-state index contributed by atoms with van der Waals surface area (Å²) in [4.78, 5) is 33.4. The van der Waals surface area contributed by atoms with Gasteiger partial charge in [0, 0.05) is 36.6 Å². The number of carbonyl (C=O) groups is 2. The fourth-order valence-electron chi connectivity index (χ4n) is 8.41. The Hall–Kier alpha value is -5.88. The van der Waals surface area contributed by atoms with Gasteiger partial charge in [-0.05, 0) is 114 Å². The summed E-state index contributed by atoms with van der Waals surface area (Å²) in [6.45, 7) is 16.3. The van der Waals surface area contributed by atoms with E-state index in [1.807, 2.05) is 24.4 Å². The molecular weight excluding hydrogens is 741 g/mol. The highest BCUT2D eigenvalue weighted by Crippen LogP contribution is 2.48. The van der Waals surface area contributed by atoms with E-state index in [2.05, 4.69) is 143 Å². The van der Waals surface area contributed by atoms with Gasteiger partial charge in [0.05, 0.1) is 12.8 Å². The number of aromatic nitrogens is 2. The molecule has 6 heteroatoms. The van der Waals surface area contributed by atoms with Crippen LogP contribution in [0.25, 0.3) is 22.3 Å². The maximum Gasteiger partial charge on any atom is 0.310 e. The van der Waals surface area contributed by atoms with Gasteiger partial charge in [0.15, 0.2) is 0 Å². The standard InChI is InChI=1S/C29H33NO2.C25H25NO2/c1-28(2,3)20-7-9-22-23-10-8-21(29(4,5)6)17-25(23)26(24(22)16-20)18-32-27(31)15-19-11-13-30-14-12-19;1-2-3-8-19-16-26-14-13-18(19)15-25(27)28-17-24-22-11-6-4-9-20(22)21-10-5-7-12-23(21)24/h7-14,16-17,26H,15,18H2,1-6H3;4-7,9-14,16,24H,2-3,8,15,17H2,1H3. The van der Waals surface area contributed by atoms with Crippen molar-refractivity contribution in [2.24, 2.45) is 0 Å². The molecule has 2 aromatic heterocycles. The molecule has 8 rings (SSSR count). The second-order valence-corrected chi connectivity index (χ2v) is 18.2. The first kappa shape index (κ1) is 42.3. The van der Waals surface area contributed by atoms with Crippen LogP contribution in [-0.2, 0) is 49.2 Å². The molecular formula is C54H58N2O4. The summed E-state index contributed by atoms with van der Waals surface area (Å²) in [6, 6.07) is 36.0. The summed E-state index contributed by atoms with van der Waals surface area (Å²) >= 11 is 0. The van der Waals surface area contributed by atoms with E-state index in [0.717, 1.165) is 36.0 Å². The van der Waals surface area contributed by atoms with Crippen molar-refractivity contribution in [1.29, 1.82) is 0 Å². The van der Waals surface area contributed by atoms with Crippen LogP contribution < -0.4 is 0 Å². The van der Waals surface area contributed by atoms with Gasteiger partial charge in [0.25, 0.3) is 0 Å². The smallest absolute Gasteiger partial charge is 0.310 e. The number of hydrogen-bond acceptors (Lipinski definition) is 6. The van der Waals surface area contributed by atoms with E-state index in [1.165, 1.54) is 55.6 Å². The van der Waals surface area contributed by atoms with Gasteiger partial charge in [-0.15, -0.1) is 0 Å². The highest BCUT2D eigenvalue weighted by Gasteiger charge is 2.33. The number of rotatable bonds is 11. The lowest BCUT2D eigenvalue weighted by Gasteiger charge is -2.22. The molecule has 0 N–H and O–H groups in total. The zero-order valence-electron chi connectivity index (χ0n) is 36.3. The van der Waals surface area contributed by atoms with Crippen molar-refractivity contribution in [2.45, 2.75) is 103 Å². The van der Waals surface area contributed by atoms with E-state index in [4.69, 9.17) is 9.47 Å². The average molecular weight is 799 g/mol. The van der Waals surface area contributed by atoms with Crippen molar-refractivity contribution < 1.29 is 19.1 Å². The number of fused-ring (bicyclic) bond motifs is 6. The molecule has 4 aromatic carbocycles. The summed E-state index contributed by atoms with van der Waals surface area (Å²) in [5, 5.41) is 0. The molecule has 0 fully saturated rings. The number of esters is 2. The summed E-state index contributed by atoms with van der Waals surface area (Å²) in [6.07, 6.45) is 10.8. The lowest BCUT2D eigenvalue weighted by atomic mass is 9.83. The predicted octanol–water partition coefficient (Wildman–Crippen LogP) is 11.9. The quantitative estimate of drug-likeness (QED) is 0.121. The van der Waals surface area contributed by atoms with Crippen LogP contribution in [0.2, 0.25) is 0 Å². The van der Waals surface area contributed by atoms with E-state index in [0.29, 0.717) is 19.6 Å². The van der Waals surface area contributed by atoms with E-state index in [9.17, 15) is 9.59 Å². The maximum atomic E-state index is 12.6. The van der Waals surface area contributed by atoms with Crippen LogP contribution in [0.5, 0.6) is 0 Å². The average Bonchev–Trinajstić information content (AvgIpc) is 3.73. The van der Waals surface area contributed by atoms with Crippen molar-refractivity contribution in [3.63, 3.8) is 0 Å². The number of pyridine rings is 2. The largest absolute Gasteiger partial charge is 0.464 e. The van der Waals surface area contributed by atoms with Crippen LogP contribution in [0.3, 0.4) is 0 Å². The van der Waals surface area contributed by atoms with Crippen molar-refractivity contribution >= 4 is 11.9 Å². The molecule has 0 aliphatic heterocycles. The molecule has 0 atom stereocenters. The lowest BCUT2D eigenvalue weighted by molar-refractivity contribution is -0.144. The summed E-state index contributed by atoms with van der Waals surface area (Å²) < 4.78 is 11.6. The first-order valence-electron chi connectivity index (χ1n) is 21.4. The van der Waals surface area contributed by atoms with Crippen LogP contribution in [0.15, 0.2) is 128 Å². The second-order valence-electron chi connectivity index (χ2n) is 18.2. The monoisotopic (exact) mass is 798 g/mol. The third-order valence-electron chi connectivity index (χ3n) is 11.9. The molecule has 2 aliphatic rings. The van der Waals surface area contributed by atoms with Crippen molar-refractivity contribution in [3.05, 3.63) is 178 Å². The number of ether oxygens (including phenoxy) is 2. The molecule has 0 unspecified atom stereocenters. The van der Waals surface area contributed by atoms with Gasteiger partial charge in [-0.2, -0.15) is 0 Å². The molecule has 2 aliphatic carbocycles. The van der Waals surface area contributed by atoms with E-state index >= 15 is 0 Å². The zero-order chi connectivity index (χ0) is 42.4. The molecule has 6 nitrogen and oxygen atoms in total. The van der Waals surface area contributed by atoms with Gasteiger partial charge in [-0.1, -0.05) is 140 Å². The molecule has 2 heterocycles. The van der Waals surface area contributed by atoms with Gasteiger partial charge < -0.3 is 9.47 Å². The molecule has 60 heavy (non-hydrogen) atoms. The number of aryl methyl sites for hydroxylation is 1. The van der Waals surface area contributed by atoms with Crippen LogP contribution in [0.1, 0.15) is 123 Å². The topological polar surface area (TPSA) is 78.4 Å². The predicted molar refractivity (Wildman–Crippen MR) is 241 cm³/mol. The van der Waals surface area contributed by atoms with Crippen molar-refractivity contribution in [3.8, 4) is 22.3 Å². The minimum absolute atomic E-state index is 0.0472. The summed E-state index contributed by atoms with van der Waals surface area (Å²) in [5.74, 6) is -0.227. The fourth-order valence-corrected chi connectivity index (χ4v) is 8.41. The Bertz CT molecular complexity index is 2350. The highest BCUT2D eigenvalue weighted by molar-refractivity contribution is 5.81. The van der Waals surface area contributed by atoms with Crippen LogP contribution in [0, 0.1) is 0 Å². The molecule has 308 valence electrons. The summed E-state index contributed by atoms with van der Waals surface area (Å²) in [5.41, 5.74) is 15.8. The SMILES string of the molecule is CC(C)(C)c1ccc2c(c1)C(COC(=O)Cc1ccncc1)c1cc(C(C)(C)C)ccc1-2.CCCCc1cnccc1CC(=O)OCC1c2ccccc2-c2ccccc21. The van der Waals surface area contributed by atoms with Gasteiger partial charge >= 0.3 is 11.9 Å². The van der Waals surface area contributed by atoms with Crippen molar-refractivity contribution in [1.82, 2.24) is 9.97 Å². The molecule has 0 radical (unpaired) electrons. The van der Waals surface area contributed by atoms with Gasteiger partial charge in [-0.3, -0.25) is 19.6 Å². The van der Waals surface area contributed by atoms with E-state index < -0.39 is 0 Å². The molecule has 0 bridgehead atoms. The van der Waals surface area contributed by atoms with E-state index in [-0.39, 0.29) is 41.0 Å². The Kier molecular flexibility index (Phi) is 12.8. The summed E-state index contributed by atoms with van der Waals surface area (Å²) in [7, 11) is 0. The van der Waals surface area contributed by atoms with Crippen molar-refractivity contribution in [2.75, 3.05) is 13.2 Å². The Morgan fingerprint density at radius 3 is 1.57 bits per heavy atom. The Morgan fingerprint density at radius 1 is 0.550 bits per heavy atom. The maximum absolute atomic E-state index is 12.6. The molecule has 0 amide bonds. The first-order valence-corrected chi connectivity index (χ1v) is 21.4. The number of benzene rings is 4. The zero-order valence-corrected chi connectivity index (χ0v) is 36.3.